The molecule has 0 fully saturated rings. The van der Waals surface area contributed by atoms with Gasteiger partial charge in [-0.05, 0) is 36.4 Å². The molecular formula is C29H24N2O2S2. The van der Waals surface area contributed by atoms with Crippen molar-refractivity contribution in [2.75, 3.05) is 13.2 Å². The van der Waals surface area contributed by atoms with E-state index in [0.717, 1.165) is 44.6 Å². The van der Waals surface area contributed by atoms with E-state index in [2.05, 4.69) is 42.5 Å². The van der Waals surface area contributed by atoms with E-state index in [1.807, 2.05) is 54.6 Å². The molecule has 3 aromatic carbocycles. The average molecular weight is 497 g/mol. The van der Waals surface area contributed by atoms with Crippen LogP contribution in [0, 0.1) is 0 Å². The average Bonchev–Trinajstić information content (AvgIpc) is 3.53. The number of aliphatic imine (C=N–C) groups is 1. The zero-order chi connectivity index (χ0) is 23.5. The van der Waals surface area contributed by atoms with E-state index in [9.17, 15) is 0 Å². The van der Waals surface area contributed by atoms with Gasteiger partial charge < -0.3 is 9.47 Å². The summed E-state index contributed by atoms with van der Waals surface area (Å²) in [6.45, 7) is 1.14. The van der Waals surface area contributed by atoms with Gasteiger partial charge in [0.15, 0.2) is 0 Å². The first-order chi connectivity index (χ1) is 17.3. The Balaban J connectivity index is 1.08. The quantitative estimate of drug-likeness (QED) is 0.243. The number of aromatic nitrogens is 1. The standard InChI is InChI=1S/C29H24N2O2S2/c1-5-14-24(20(10-1)28-30-22-12-3-7-16-26(22)34-28)32-18-9-19-33-25-15-6-2-11-21(25)29-31-23-13-4-8-17-27(23)35-29/h1-8,10-17,22,26H,9,18-19H2. The van der Waals surface area contributed by atoms with Crippen molar-refractivity contribution >= 4 is 38.4 Å². The maximum absolute atomic E-state index is 6.18. The predicted octanol–water partition coefficient (Wildman–Crippen LogP) is 7.17. The van der Waals surface area contributed by atoms with Crippen molar-refractivity contribution < 1.29 is 9.47 Å². The number of fused-ring (bicyclic) bond motifs is 2. The number of hydrogen-bond donors (Lipinski definition) is 0. The van der Waals surface area contributed by atoms with Gasteiger partial charge in [-0.25, -0.2) is 4.98 Å². The van der Waals surface area contributed by atoms with Gasteiger partial charge in [-0.15, -0.1) is 11.3 Å². The van der Waals surface area contributed by atoms with Gasteiger partial charge in [0, 0.05) is 12.0 Å². The van der Waals surface area contributed by atoms with Gasteiger partial charge in [-0.2, -0.15) is 0 Å². The Morgan fingerprint density at radius 2 is 1.43 bits per heavy atom. The normalized spacial score (nSPS) is 18.5. The Morgan fingerprint density at radius 3 is 2.23 bits per heavy atom. The van der Waals surface area contributed by atoms with Crippen LogP contribution in [0.25, 0.3) is 20.8 Å². The highest BCUT2D eigenvalue weighted by atomic mass is 32.2. The van der Waals surface area contributed by atoms with Crippen LogP contribution in [0.2, 0.25) is 0 Å². The monoisotopic (exact) mass is 496 g/mol. The Bertz CT molecular complexity index is 1410. The molecule has 0 saturated carbocycles. The van der Waals surface area contributed by atoms with Crippen LogP contribution in [-0.4, -0.2) is 34.5 Å². The molecular weight excluding hydrogens is 472 g/mol. The number of thioether (sulfide) groups is 1. The number of rotatable bonds is 8. The zero-order valence-electron chi connectivity index (χ0n) is 19.0. The maximum atomic E-state index is 6.18. The molecule has 2 heterocycles. The highest BCUT2D eigenvalue weighted by Crippen LogP contribution is 2.37. The summed E-state index contributed by atoms with van der Waals surface area (Å²) in [7, 11) is 0. The number of para-hydroxylation sites is 3. The second kappa shape index (κ2) is 10.1. The lowest BCUT2D eigenvalue weighted by Gasteiger charge is -2.13. The molecule has 4 nitrogen and oxygen atoms in total. The zero-order valence-corrected chi connectivity index (χ0v) is 20.7. The number of hydrogen-bond acceptors (Lipinski definition) is 6. The molecule has 0 N–H and O–H groups in total. The molecule has 0 saturated heterocycles. The summed E-state index contributed by atoms with van der Waals surface area (Å²) in [5, 5.41) is 2.41. The summed E-state index contributed by atoms with van der Waals surface area (Å²) in [4.78, 5) is 9.71. The van der Waals surface area contributed by atoms with Gasteiger partial charge >= 0.3 is 0 Å². The minimum Gasteiger partial charge on any atom is -0.493 e. The first-order valence-electron chi connectivity index (χ1n) is 11.7. The molecule has 174 valence electrons. The summed E-state index contributed by atoms with van der Waals surface area (Å²) in [6.07, 6.45) is 9.34. The van der Waals surface area contributed by atoms with Crippen LogP contribution in [0.15, 0.2) is 102 Å². The summed E-state index contributed by atoms with van der Waals surface area (Å²) in [6, 6.07) is 24.7. The van der Waals surface area contributed by atoms with Crippen molar-refractivity contribution in [1.29, 1.82) is 0 Å². The lowest BCUT2D eigenvalue weighted by molar-refractivity contribution is 0.248. The lowest BCUT2D eigenvalue weighted by Crippen LogP contribution is -2.13. The third kappa shape index (κ3) is 4.77. The number of thiazole rings is 1. The molecule has 4 aromatic rings. The van der Waals surface area contributed by atoms with Crippen molar-refractivity contribution in [3.05, 3.63) is 103 Å². The van der Waals surface area contributed by atoms with Crippen LogP contribution in [-0.2, 0) is 0 Å². The first kappa shape index (κ1) is 22.1. The Morgan fingerprint density at radius 1 is 0.743 bits per heavy atom. The van der Waals surface area contributed by atoms with Gasteiger partial charge in [0.1, 0.15) is 21.6 Å². The van der Waals surface area contributed by atoms with Crippen molar-refractivity contribution in [3.8, 4) is 22.1 Å². The third-order valence-electron chi connectivity index (χ3n) is 5.90. The van der Waals surface area contributed by atoms with Crippen LogP contribution < -0.4 is 9.47 Å². The largest absolute Gasteiger partial charge is 0.493 e. The highest BCUT2D eigenvalue weighted by Gasteiger charge is 2.29. The molecule has 1 aliphatic carbocycles. The van der Waals surface area contributed by atoms with E-state index < -0.39 is 0 Å². The smallest absolute Gasteiger partial charge is 0.129 e. The fraction of sp³-hybridized carbons (Fsp3) is 0.172. The van der Waals surface area contributed by atoms with Crippen molar-refractivity contribution in [2.45, 2.75) is 17.7 Å². The van der Waals surface area contributed by atoms with Crippen LogP contribution in [0.3, 0.4) is 0 Å². The molecule has 2 unspecified atom stereocenters. The topological polar surface area (TPSA) is 43.7 Å². The summed E-state index contributed by atoms with van der Waals surface area (Å²) < 4.78 is 13.5. The van der Waals surface area contributed by atoms with Gasteiger partial charge in [0.25, 0.3) is 0 Å². The third-order valence-corrected chi connectivity index (χ3v) is 8.23. The number of allylic oxidation sites excluding steroid dienone is 2. The van der Waals surface area contributed by atoms with Gasteiger partial charge in [-0.3, -0.25) is 4.99 Å². The molecule has 0 bridgehead atoms. The first-order valence-corrected chi connectivity index (χ1v) is 13.4. The van der Waals surface area contributed by atoms with Gasteiger partial charge in [0.05, 0.1) is 40.3 Å². The second-order valence-electron chi connectivity index (χ2n) is 8.31. The fourth-order valence-corrected chi connectivity index (χ4v) is 6.37. The van der Waals surface area contributed by atoms with Crippen molar-refractivity contribution in [2.24, 2.45) is 4.99 Å². The summed E-state index contributed by atoms with van der Waals surface area (Å²) in [5.41, 5.74) is 3.11. The SMILES string of the molecule is C1=CC2N=C(c3ccccc3OCCCOc3ccccc3-c3nc4ccccc4s3)SC2C=C1. The van der Waals surface area contributed by atoms with Crippen molar-refractivity contribution in [3.63, 3.8) is 0 Å². The molecule has 35 heavy (non-hydrogen) atoms. The molecule has 2 aliphatic rings. The van der Waals surface area contributed by atoms with E-state index in [0.29, 0.717) is 18.5 Å². The van der Waals surface area contributed by atoms with Gasteiger partial charge in [-0.1, -0.05) is 72.5 Å². The Labute approximate surface area is 213 Å². The highest BCUT2D eigenvalue weighted by molar-refractivity contribution is 8.15. The Kier molecular flexibility index (Phi) is 6.39. The van der Waals surface area contributed by atoms with Crippen LogP contribution >= 0.6 is 23.1 Å². The van der Waals surface area contributed by atoms with Crippen molar-refractivity contribution in [1.82, 2.24) is 4.98 Å². The minimum absolute atomic E-state index is 0.219. The summed E-state index contributed by atoms with van der Waals surface area (Å²) >= 11 is 3.50. The molecule has 1 aromatic heterocycles. The molecule has 0 spiro atoms. The second-order valence-corrected chi connectivity index (χ2v) is 10.5. The summed E-state index contributed by atoms with van der Waals surface area (Å²) in [5.74, 6) is 1.73. The van der Waals surface area contributed by atoms with Crippen LogP contribution in [0.5, 0.6) is 11.5 Å². The van der Waals surface area contributed by atoms with Gasteiger partial charge in [0.2, 0.25) is 0 Å². The minimum atomic E-state index is 0.219. The molecule has 1 aliphatic heterocycles. The molecule has 6 rings (SSSR count). The van der Waals surface area contributed by atoms with E-state index in [1.54, 1.807) is 23.1 Å². The number of benzene rings is 3. The maximum Gasteiger partial charge on any atom is 0.129 e. The van der Waals surface area contributed by atoms with E-state index in [-0.39, 0.29) is 6.04 Å². The lowest BCUT2D eigenvalue weighted by atomic mass is 10.1. The number of nitrogens with zero attached hydrogens (tertiary/aromatic N) is 2. The molecule has 2 atom stereocenters. The molecule has 0 amide bonds. The van der Waals surface area contributed by atoms with E-state index >= 15 is 0 Å². The van der Waals surface area contributed by atoms with E-state index in [1.165, 1.54) is 4.70 Å². The number of ether oxygens (including phenoxy) is 2. The van der Waals surface area contributed by atoms with E-state index in [4.69, 9.17) is 19.5 Å². The predicted molar refractivity (Wildman–Crippen MR) is 147 cm³/mol. The van der Waals surface area contributed by atoms with Crippen LogP contribution in [0.1, 0.15) is 12.0 Å². The molecule has 6 heteroatoms. The Hall–Kier alpha value is -3.35. The molecule has 0 radical (unpaired) electrons. The van der Waals surface area contributed by atoms with Crippen LogP contribution in [0.4, 0.5) is 0 Å². The fourth-order valence-electron chi connectivity index (χ4n) is 4.18.